The first-order valence-electron chi connectivity index (χ1n) is 18.0. The first-order chi connectivity index (χ1) is 25.6. The van der Waals surface area contributed by atoms with Gasteiger partial charge in [0.2, 0.25) is 0 Å². The van der Waals surface area contributed by atoms with Crippen LogP contribution in [-0.4, -0.2) is 10.6 Å². The molecule has 0 amide bonds. The monoisotopic (exact) mass is 669 g/mol. The lowest BCUT2D eigenvalue weighted by Crippen LogP contribution is -2.37. The summed E-state index contributed by atoms with van der Waals surface area (Å²) in [5.41, 5.74) is 13.4. The second-order valence-electron chi connectivity index (χ2n) is 14.1. The Kier molecular flexibility index (Phi) is 7.61. The maximum absolute atomic E-state index is 10.7. The molecule has 0 radical (unpaired) electrons. The van der Waals surface area contributed by atoms with Crippen molar-refractivity contribution in [3.63, 3.8) is 0 Å². The highest BCUT2D eigenvalue weighted by Gasteiger charge is 2.43. The van der Waals surface area contributed by atoms with Gasteiger partial charge in [0.05, 0.1) is 34.0 Å². The summed E-state index contributed by atoms with van der Waals surface area (Å²) in [6, 6.07) is 34.3. The van der Waals surface area contributed by atoms with E-state index in [4.69, 9.17) is 0 Å². The minimum atomic E-state index is 0.137. The van der Waals surface area contributed by atoms with Gasteiger partial charge in [0.25, 0.3) is 0 Å². The van der Waals surface area contributed by atoms with Crippen LogP contribution in [-0.2, 0) is 6.42 Å². The number of hydrogen-bond acceptors (Lipinski definition) is 4. The van der Waals surface area contributed by atoms with Gasteiger partial charge in [-0.3, -0.25) is 0 Å². The maximum Gasteiger partial charge on any atom is 0.101 e. The lowest BCUT2D eigenvalue weighted by molar-refractivity contribution is 0.424. The highest BCUT2D eigenvalue weighted by atomic mass is 15.2. The van der Waals surface area contributed by atoms with Crippen molar-refractivity contribution in [2.24, 2.45) is 5.92 Å². The van der Waals surface area contributed by atoms with Gasteiger partial charge in [-0.15, -0.1) is 0 Å². The summed E-state index contributed by atoms with van der Waals surface area (Å²) < 4.78 is 2.38. The number of nitrogens with zero attached hydrogens (tertiary/aromatic N) is 5. The Morgan fingerprint density at radius 1 is 0.750 bits per heavy atom. The smallest absolute Gasteiger partial charge is 0.101 e. The third-order valence-corrected chi connectivity index (χ3v) is 11.2. The number of hydrogen-bond donors (Lipinski definition) is 0. The molecule has 0 saturated carbocycles. The molecule has 4 aromatic carbocycles. The normalized spacial score (nSPS) is 19.8. The summed E-state index contributed by atoms with van der Waals surface area (Å²) in [6.07, 6.45) is 21.1. The lowest BCUT2D eigenvalue weighted by atomic mass is 9.81. The molecule has 9 rings (SSSR count). The highest BCUT2D eigenvalue weighted by molar-refractivity contribution is 6.00. The number of para-hydroxylation sites is 1. The molecule has 4 aliphatic rings. The third-order valence-electron chi connectivity index (χ3n) is 11.2. The van der Waals surface area contributed by atoms with E-state index < -0.39 is 0 Å². The summed E-state index contributed by atoms with van der Waals surface area (Å²) in [5, 5.41) is 32.1. The number of allylic oxidation sites excluding steroid dienone is 8. The van der Waals surface area contributed by atoms with Crippen molar-refractivity contribution in [1.82, 2.24) is 4.57 Å². The van der Waals surface area contributed by atoms with Crippen LogP contribution < -0.4 is 4.90 Å². The molecule has 0 fully saturated rings. The van der Waals surface area contributed by atoms with Gasteiger partial charge in [-0.25, -0.2) is 0 Å². The summed E-state index contributed by atoms with van der Waals surface area (Å²) in [7, 11) is 0. The van der Waals surface area contributed by atoms with Gasteiger partial charge in [0.1, 0.15) is 12.1 Å². The zero-order valence-electron chi connectivity index (χ0n) is 28.9. The van der Waals surface area contributed by atoms with Gasteiger partial charge < -0.3 is 9.47 Å². The average Bonchev–Trinajstić information content (AvgIpc) is 3.57. The van der Waals surface area contributed by atoms with Crippen LogP contribution in [0.4, 0.5) is 11.4 Å². The molecule has 3 aliphatic carbocycles. The minimum Gasteiger partial charge on any atom is -0.335 e. The fourth-order valence-electron chi connectivity index (χ4n) is 8.95. The van der Waals surface area contributed by atoms with Crippen molar-refractivity contribution < 1.29 is 0 Å². The summed E-state index contributed by atoms with van der Waals surface area (Å²) in [5.74, 6) is 0.575. The molecule has 0 bridgehead atoms. The van der Waals surface area contributed by atoms with E-state index in [1.807, 2.05) is 30.3 Å². The Balaban J connectivity index is 1.18. The minimum absolute atomic E-state index is 0.137. The number of rotatable bonds is 4. The summed E-state index contributed by atoms with van der Waals surface area (Å²) in [6.45, 7) is 2.27. The standard InChI is InChI=1S/C47H35N5/c1-30-11-9-17-40-38-16-6-8-20-44(38)52(46(30)40)47-35(28-49)25-34(26-36(47)29-50)32-12-10-13-33(24-32)37-14-5-7-19-42(37)51-43-18-4-2-3-15-39(43)41-23-31(27-48)21-22-45(41)51/h2-4,6-10,12-13,15-17,19-26,30,40,46H,5,11,14,18H2,1H3. The van der Waals surface area contributed by atoms with Crippen LogP contribution in [0.1, 0.15) is 71.2 Å². The van der Waals surface area contributed by atoms with Gasteiger partial charge in [0.15, 0.2) is 0 Å². The SMILES string of the molecule is CC1CC=CC2c3ccccc3N(c3c(C#N)cc(-c4cccc(C5=C(n6c7c(c8cc(C#N)ccc86)C=CC=CC7)C=CCC5)c4)cc3C#N)C12. The molecule has 3 unspecified atom stereocenters. The van der Waals surface area contributed by atoms with Crippen molar-refractivity contribution in [1.29, 1.82) is 15.8 Å². The van der Waals surface area contributed by atoms with Crippen molar-refractivity contribution in [2.45, 2.75) is 44.6 Å². The van der Waals surface area contributed by atoms with E-state index in [2.05, 4.69) is 132 Å². The number of anilines is 2. The highest BCUT2D eigenvalue weighted by Crippen LogP contribution is 2.52. The number of fused-ring (bicyclic) bond motifs is 6. The van der Waals surface area contributed by atoms with Gasteiger partial charge in [-0.1, -0.05) is 85.9 Å². The van der Waals surface area contributed by atoms with Crippen LogP contribution in [0.3, 0.4) is 0 Å². The van der Waals surface area contributed by atoms with Crippen molar-refractivity contribution in [2.75, 3.05) is 4.90 Å². The van der Waals surface area contributed by atoms with Crippen LogP contribution in [0.5, 0.6) is 0 Å². The molecule has 3 atom stereocenters. The molecular formula is C47H35N5. The van der Waals surface area contributed by atoms with Crippen LogP contribution in [0, 0.1) is 39.9 Å². The molecule has 2 heterocycles. The molecule has 248 valence electrons. The molecular weight excluding hydrogens is 635 g/mol. The molecule has 1 aliphatic heterocycles. The van der Waals surface area contributed by atoms with Gasteiger partial charge in [0, 0.05) is 46.4 Å². The predicted molar refractivity (Wildman–Crippen MR) is 209 cm³/mol. The topological polar surface area (TPSA) is 79.5 Å². The van der Waals surface area contributed by atoms with E-state index in [0.717, 1.165) is 70.2 Å². The molecule has 5 heteroatoms. The summed E-state index contributed by atoms with van der Waals surface area (Å²) in [4.78, 5) is 2.28. The fraction of sp³-hybridized carbons (Fsp3) is 0.170. The number of benzene rings is 4. The van der Waals surface area contributed by atoms with Crippen molar-refractivity contribution >= 4 is 39.6 Å². The lowest BCUT2D eigenvalue weighted by Gasteiger charge is -2.37. The molecule has 0 saturated heterocycles. The van der Waals surface area contributed by atoms with E-state index >= 15 is 0 Å². The van der Waals surface area contributed by atoms with Gasteiger partial charge in [-0.2, -0.15) is 15.8 Å². The van der Waals surface area contributed by atoms with Crippen LogP contribution in [0.2, 0.25) is 0 Å². The molecule has 1 aromatic heterocycles. The Hall–Kier alpha value is -6.61. The van der Waals surface area contributed by atoms with Crippen molar-refractivity contribution in [3.8, 4) is 29.3 Å². The largest absolute Gasteiger partial charge is 0.335 e. The van der Waals surface area contributed by atoms with E-state index in [0.29, 0.717) is 28.3 Å². The molecule has 5 nitrogen and oxygen atoms in total. The Labute approximate surface area is 304 Å². The quantitative estimate of drug-likeness (QED) is 0.178. The predicted octanol–water partition coefficient (Wildman–Crippen LogP) is 11.0. The molecule has 0 N–H and O–H groups in total. The third kappa shape index (κ3) is 4.88. The second kappa shape index (κ2) is 12.6. The van der Waals surface area contributed by atoms with Gasteiger partial charge >= 0.3 is 0 Å². The molecule has 0 spiro atoms. The van der Waals surface area contributed by atoms with Crippen LogP contribution in [0.15, 0.2) is 121 Å². The average molecular weight is 670 g/mol. The van der Waals surface area contributed by atoms with Crippen molar-refractivity contribution in [3.05, 3.63) is 160 Å². The van der Waals surface area contributed by atoms with Gasteiger partial charge in [-0.05, 0) is 102 Å². The van der Waals surface area contributed by atoms with E-state index in [1.165, 1.54) is 16.8 Å². The van der Waals surface area contributed by atoms with E-state index in [-0.39, 0.29) is 12.0 Å². The molecule has 52 heavy (non-hydrogen) atoms. The number of aromatic nitrogens is 1. The molecule has 5 aromatic rings. The van der Waals surface area contributed by atoms with Crippen LogP contribution in [0.25, 0.3) is 39.4 Å². The second-order valence-corrected chi connectivity index (χ2v) is 14.1. The van der Waals surface area contributed by atoms with Crippen LogP contribution >= 0.6 is 0 Å². The Morgan fingerprint density at radius 2 is 1.58 bits per heavy atom. The fourth-order valence-corrected chi connectivity index (χ4v) is 8.95. The zero-order chi connectivity index (χ0) is 35.3. The first-order valence-corrected chi connectivity index (χ1v) is 18.0. The van der Waals surface area contributed by atoms with E-state index in [1.54, 1.807) is 0 Å². The first kappa shape index (κ1) is 31.4. The maximum atomic E-state index is 10.7. The Bertz CT molecular complexity index is 2570. The Morgan fingerprint density at radius 3 is 2.40 bits per heavy atom. The summed E-state index contributed by atoms with van der Waals surface area (Å²) >= 11 is 0. The zero-order valence-corrected chi connectivity index (χ0v) is 28.9. The number of nitriles is 3. The van der Waals surface area contributed by atoms with E-state index in [9.17, 15) is 15.8 Å².